The highest BCUT2D eigenvalue weighted by Crippen LogP contribution is 2.17. The quantitative estimate of drug-likeness (QED) is 0.808. The number of halogens is 1. The summed E-state index contributed by atoms with van der Waals surface area (Å²) in [4.78, 5) is 11.3. The number of hydrogen-bond acceptors (Lipinski definition) is 2. The van der Waals surface area contributed by atoms with Gasteiger partial charge in [-0.1, -0.05) is 23.7 Å². The molecule has 92 valence electrons. The van der Waals surface area contributed by atoms with Crippen LogP contribution in [0.4, 0.5) is 0 Å². The molecule has 1 atom stereocenters. The molecule has 0 aliphatic rings. The normalized spacial score (nSPS) is 12.7. The molecule has 0 bridgehead atoms. The second kappa shape index (κ2) is 6.42. The number of carbonyl (C=O) groups excluding carboxylic acids is 1. The number of aliphatic hydroxyl groups is 1. The van der Waals surface area contributed by atoms with E-state index in [2.05, 4.69) is 5.32 Å². The molecule has 0 radical (unpaired) electrons. The van der Waals surface area contributed by atoms with Crippen LogP contribution in [-0.2, 0) is 4.79 Å². The summed E-state index contributed by atoms with van der Waals surface area (Å²) in [6.45, 7) is 3.78. The number of amides is 1. The number of rotatable bonds is 4. The fourth-order valence-corrected chi connectivity index (χ4v) is 1.38. The molecule has 0 aromatic heterocycles. The van der Waals surface area contributed by atoms with Gasteiger partial charge in [-0.25, -0.2) is 0 Å². The van der Waals surface area contributed by atoms with Crippen molar-refractivity contribution in [3.05, 3.63) is 40.4 Å². The van der Waals surface area contributed by atoms with Crippen molar-refractivity contribution in [1.82, 2.24) is 5.32 Å². The molecule has 0 fully saturated rings. The van der Waals surface area contributed by atoms with Crippen molar-refractivity contribution in [3.63, 3.8) is 0 Å². The standard InChI is InChI=1S/C13H16ClNO2/c1-9-3-4-11(7-12(9)14)5-6-13(17)15-8-10(2)16/h3-7,10,16H,8H2,1-2H3,(H,15,17)/b6-5+/t10-/m0/s1. The lowest BCUT2D eigenvalue weighted by Crippen LogP contribution is -2.28. The van der Waals surface area contributed by atoms with Gasteiger partial charge in [0, 0.05) is 17.6 Å². The summed E-state index contributed by atoms with van der Waals surface area (Å²) in [5, 5.41) is 12.2. The van der Waals surface area contributed by atoms with Gasteiger partial charge in [-0.15, -0.1) is 0 Å². The molecule has 0 saturated heterocycles. The average Bonchev–Trinajstić information content (AvgIpc) is 2.28. The van der Waals surface area contributed by atoms with Crippen LogP contribution < -0.4 is 5.32 Å². The highest BCUT2D eigenvalue weighted by Gasteiger charge is 1.99. The van der Waals surface area contributed by atoms with Crippen molar-refractivity contribution in [2.75, 3.05) is 6.54 Å². The first kappa shape index (κ1) is 13.7. The first-order valence-electron chi connectivity index (χ1n) is 5.39. The number of aliphatic hydroxyl groups excluding tert-OH is 1. The second-order valence-electron chi connectivity index (χ2n) is 3.94. The summed E-state index contributed by atoms with van der Waals surface area (Å²) >= 11 is 5.96. The van der Waals surface area contributed by atoms with Gasteiger partial charge in [-0.3, -0.25) is 4.79 Å². The number of hydrogen-bond donors (Lipinski definition) is 2. The topological polar surface area (TPSA) is 49.3 Å². The van der Waals surface area contributed by atoms with Gasteiger partial charge in [-0.2, -0.15) is 0 Å². The molecular formula is C13H16ClNO2. The van der Waals surface area contributed by atoms with Crippen LogP contribution in [0.2, 0.25) is 5.02 Å². The first-order chi connectivity index (χ1) is 7.99. The van der Waals surface area contributed by atoms with Gasteiger partial charge in [0.25, 0.3) is 0 Å². The maximum atomic E-state index is 11.3. The Morgan fingerprint density at radius 1 is 1.59 bits per heavy atom. The van der Waals surface area contributed by atoms with E-state index in [9.17, 15) is 4.79 Å². The largest absolute Gasteiger partial charge is 0.392 e. The zero-order chi connectivity index (χ0) is 12.8. The van der Waals surface area contributed by atoms with E-state index < -0.39 is 6.10 Å². The molecule has 0 spiro atoms. The molecule has 0 aliphatic heterocycles. The minimum Gasteiger partial charge on any atom is -0.392 e. The molecule has 4 heteroatoms. The zero-order valence-corrected chi connectivity index (χ0v) is 10.7. The predicted molar refractivity (Wildman–Crippen MR) is 69.9 cm³/mol. The summed E-state index contributed by atoms with van der Waals surface area (Å²) in [6.07, 6.45) is 2.56. The Balaban J connectivity index is 2.58. The Bertz CT molecular complexity index is 427. The molecule has 0 saturated carbocycles. The molecular weight excluding hydrogens is 238 g/mol. The summed E-state index contributed by atoms with van der Waals surface area (Å²) in [7, 11) is 0. The van der Waals surface area contributed by atoms with Gasteiger partial charge in [0.1, 0.15) is 0 Å². The van der Waals surface area contributed by atoms with E-state index in [4.69, 9.17) is 16.7 Å². The Kier molecular flexibility index (Phi) is 5.19. The summed E-state index contributed by atoms with van der Waals surface area (Å²) in [5.41, 5.74) is 1.87. The maximum Gasteiger partial charge on any atom is 0.244 e. The van der Waals surface area contributed by atoms with Crippen molar-refractivity contribution < 1.29 is 9.90 Å². The maximum absolute atomic E-state index is 11.3. The van der Waals surface area contributed by atoms with Crippen LogP contribution in [0.3, 0.4) is 0 Å². The average molecular weight is 254 g/mol. The lowest BCUT2D eigenvalue weighted by molar-refractivity contribution is -0.116. The van der Waals surface area contributed by atoms with E-state index in [1.54, 1.807) is 19.1 Å². The molecule has 2 N–H and O–H groups in total. The third kappa shape index (κ3) is 5.02. The third-order valence-electron chi connectivity index (χ3n) is 2.19. The number of carbonyl (C=O) groups is 1. The summed E-state index contributed by atoms with van der Waals surface area (Å²) < 4.78 is 0. The van der Waals surface area contributed by atoms with Crippen LogP contribution in [0.15, 0.2) is 24.3 Å². The van der Waals surface area contributed by atoms with E-state index in [1.165, 1.54) is 6.08 Å². The van der Waals surface area contributed by atoms with E-state index in [1.807, 2.05) is 19.1 Å². The van der Waals surface area contributed by atoms with Crippen molar-refractivity contribution in [3.8, 4) is 0 Å². The van der Waals surface area contributed by atoms with Crippen molar-refractivity contribution in [2.45, 2.75) is 20.0 Å². The first-order valence-corrected chi connectivity index (χ1v) is 5.77. The molecule has 1 amide bonds. The minimum atomic E-state index is -0.541. The Hall–Kier alpha value is -1.32. The highest BCUT2D eigenvalue weighted by atomic mass is 35.5. The van der Waals surface area contributed by atoms with Crippen LogP contribution in [0.5, 0.6) is 0 Å². The third-order valence-corrected chi connectivity index (χ3v) is 2.60. The van der Waals surface area contributed by atoms with Crippen LogP contribution in [0.25, 0.3) is 6.08 Å². The Labute approximate surface area is 106 Å². The van der Waals surface area contributed by atoms with E-state index in [-0.39, 0.29) is 12.5 Å². The lowest BCUT2D eigenvalue weighted by Gasteiger charge is -2.04. The van der Waals surface area contributed by atoms with E-state index in [0.717, 1.165) is 11.1 Å². The van der Waals surface area contributed by atoms with Crippen LogP contribution in [-0.4, -0.2) is 23.7 Å². The SMILES string of the molecule is Cc1ccc(/C=C/C(=O)NC[C@H](C)O)cc1Cl. The number of nitrogens with one attached hydrogen (secondary N) is 1. The van der Waals surface area contributed by atoms with E-state index in [0.29, 0.717) is 5.02 Å². The van der Waals surface area contributed by atoms with Crippen LogP contribution in [0, 0.1) is 6.92 Å². The smallest absolute Gasteiger partial charge is 0.244 e. The van der Waals surface area contributed by atoms with Gasteiger partial charge in [0.05, 0.1) is 6.10 Å². The minimum absolute atomic E-state index is 0.234. The van der Waals surface area contributed by atoms with Crippen LogP contribution in [0.1, 0.15) is 18.1 Å². The van der Waals surface area contributed by atoms with Gasteiger partial charge < -0.3 is 10.4 Å². The fraction of sp³-hybridized carbons (Fsp3) is 0.308. The Morgan fingerprint density at radius 2 is 2.29 bits per heavy atom. The van der Waals surface area contributed by atoms with Gasteiger partial charge >= 0.3 is 0 Å². The fourth-order valence-electron chi connectivity index (χ4n) is 1.19. The molecule has 17 heavy (non-hydrogen) atoms. The highest BCUT2D eigenvalue weighted by molar-refractivity contribution is 6.31. The molecule has 1 aromatic rings. The van der Waals surface area contributed by atoms with Crippen molar-refractivity contribution in [1.29, 1.82) is 0 Å². The molecule has 3 nitrogen and oxygen atoms in total. The lowest BCUT2D eigenvalue weighted by atomic mass is 10.1. The molecule has 0 aliphatic carbocycles. The summed E-state index contributed by atoms with van der Waals surface area (Å²) in [5.74, 6) is -0.234. The van der Waals surface area contributed by atoms with E-state index >= 15 is 0 Å². The molecule has 0 heterocycles. The van der Waals surface area contributed by atoms with Crippen molar-refractivity contribution >= 4 is 23.6 Å². The van der Waals surface area contributed by atoms with Crippen molar-refractivity contribution in [2.24, 2.45) is 0 Å². The van der Waals surface area contributed by atoms with Crippen LogP contribution >= 0.6 is 11.6 Å². The molecule has 0 unspecified atom stereocenters. The Morgan fingerprint density at radius 3 is 2.88 bits per heavy atom. The van der Waals surface area contributed by atoms with Gasteiger partial charge in [0.15, 0.2) is 0 Å². The monoisotopic (exact) mass is 253 g/mol. The number of aryl methyl sites for hydroxylation is 1. The zero-order valence-electron chi connectivity index (χ0n) is 9.90. The summed E-state index contributed by atoms with van der Waals surface area (Å²) in [6, 6.07) is 5.59. The second-order valence-corrected chi connectivity index (χ2v) is 4.34. The predicted octanol–water partition coefficient (Wildman–Crippen LogP) is 2.16. The van der Waals surface area contributed by atoms with Gasteiger partial charge in [0.2, 0.25) is 5.91 Å². The molecule has 1 aromatic carbocycles. The van der Waals surface area contributed by atoms with Gasteiger partial charge in [-0.05, 0) is 37.1 Å². The number of benzene rings is 1. The molecule has 1 rings (SSSR count).